The lowest BCUT2D eigenvalue weighted by atomic mass is 10.1. The van der Waals surface area contributed by atoms with Gasteiger partial charge in [0.05, 0.1) is 0 Å². The molecule has 2 aliphatic rings. The highest BCUT2D eigenvalue weighted by Crippen LogP contribution is 2.28. The number of carbonyl (C=O) groups is 1. The maximum atomic E-state index is 11.7. The first kappa shape index (κ1) is 13.6. The summed E-state index contributed by atoms with van der Waals surface area (Å²) in [6, 6.07) is 9.65. The molecule has 2 atom stereocenters. The minimum absolute atomic E-state index is 0.496. The molecule has 3 rings (SSSR count). The van der Waals surface area contributed by atoms with Gasteiger partial charge >= 0.3 is 5.97 Å². The van der Waals surface area contributed by atoms with E-state index < -0.39 is 12.0 Å². The zero-order chi connectivity index (χ0) is 13.9. The third-order valence-corrected chi connectivity index (χ3v) is 4.57. The van der Waals surface area contributed by atoms with Crippen LogP contribution in [0.4, 0.5) is 0 Å². The number of likely N-dealkylation sites (tertiary alicyclic amines) is 2. The Bertz CT molecular complexity index is 457. The summed E-state index contributed by atoms with van der Waals surface area (Å²) in [5, 5.41) is 9.58. The van der Waals surface area contributed by atoms with E-state index in [4.69, 9.17) is 0 Å². The monoisotopic (exact) mass is 274 g/mol. The number of rotatable bonds is 4. The van der Waals surface area contributed by atoms with E-state index in [9.17, 15) is 9.90 Å². The lowest BCUT2D eigenvalue weighted by molar-refractivity contribution is -0.143. The predicted octanol–water partition coefficient (Wildman–Crippen LogP) is 1.98. The number of hydrogen-bond acceptors (Lipinski definition) is 3. The number of hydrogen-bond donors (Lipinski definition) is 1. The van der Waals surface area contributed by atoms with Crippen molar-refractivity contribution in [3.63, 3.8) is 0 Å². The third-order valence-electron chi connectivity index (χ3n) is 4.57. The first-order valence-corrected chi connectivity index (χ1v) is 7.51. The van der Waals surface area contributed by atoms with Gasteiger partial charge in [0.2, 0.25) is 0 Å². The zero-order valence-corrected chi connectivity index (χ0v) is 11.7. The van der Waals surface area contributed by atoms with Crippen LogP contribution in [0.3, 0.4) is 0 Å². The Kier molecular flexibility index (Phi) is 4.03. The summed E-state index contributed by atoms with van der Waals surface area (Å²) in [7, 11) is 0. The molecule has 0 saturated carbocycles. The highest BCUT2D eigenvalue weighted by molar-refractivity contribution is 5.75. The Morgan fingerprint density at radius 1 is 1.15 bits per heavy atom. The van der Waals surface area contributed by atoms with E-state index in [1.54, 1.807) is 0 Å². The maximum Gasteiger partial charge on any atom is 0.325 e. The average molecular weight is 274 g/mol. The van der Waals surface area contributed by atoms with Gasteiger partial charge in [-0.2, -0.15) is 0 Å². The van der Waals surface area contributed by atoms with Crippen LogP contribution in [0, 0.1) is 0 Å². The van der Waals surface area contributed by atoms with Crippen LogP contribution in [0.2, 0.25) is 0 Å². The van der Waals surface area contributed by atoms with E-state index in [1.807, 2.05) is 30.3 Å². The van der Waals surface area contributed by atoms with Gasteiger partial charge in [-0.15, -0.1) is 0 Å². The van der Waals surface area contributed by atoms with Crippen molar-refractivity contribution in [3.05, 3.63) is 35.9 Å². The van der Waals surface area contributed by atoms with Gasteiger partial charge in [0.1, 0.15) is 6.04 Å². The second kappa shape index (κ2) is 5.94. The highest BCUT2D eigenvalue weighted by atomic mass is 16.4. The van der Waals surface area contributed by atoms with Crippen molar-refractivity contribution in [1.82, 2.24) is 9.80 Å². The van der Waals surface area contributed by atoms with Crippen LogP contribution in [-0.2, 0) is 4.79 Å². The first-order chi connectivity index (χ1) is 9.75. The standard InChI is InChI=1S/C16H22N2O2/c19-16(20)15(13-6-2-1-3-7-13)18-11-8-14(12-18)17-9-4-5-10-17/h1-3,6-7,14-15H,4-5,8-12H2,(H,19,20). The normalized spacial score (nSPS) is 25.9. The van der Waals surface area contributed by atoms with Gasteiger partial charge in [-0.05, 0) is 37.9 Å². The molecular formula is C16H22N2O2. The van der Waals surface area contributed by atoms with Crippen LogP contribution in [0.1, 0.15) is 30.9 Å². The Labute approximate surface area is 120 Å². The number of carboxylic acids is 1. The molecule has 2 fully saturated rings. The van der Waals surface area contributed by atoms with Crippen LogP contribution < -0.4 is 0 Å². The SMILES string of the molecule is O=C(O)C(c1ccccc1)N1CCC(N2CCCC2)C1. The summed E-state index contributed by atoms with van der Waals surface area (Å²) in [4.78, 5) is 16.3. The Morgan fingerprint density at radius 3 is 2.50 bits per heavy atom. The molecule has 0 bridgehead atoms. The van der Waals surface area contributed by atoms with E-state index in [0.29, 0.717) is 6.04 Å². The van der Waals surface area contributed by atoms with Gasteiger partial charge in [-0.3, -0.25) is 14.6 Å². The molecule has 2 heterocycles. The van der Waals surface area contributed by atoms with Crippen molar-refractivity contribution in [3.8, 4) is 0 Å². The highest BCUT2D eigenvalue weighted by Gasteiger charge is 2.36. The largest absolute Gasteiger partial charge is 0.480 e. The number of carboxylic acid groups (broad SMARTS) is 1. The van der Waals surface area contributed by atoms with E-state index in [2.05, 4.69) is 9.80 Å². The molecule has 0 spiro atoms. The van der Waals surface area contributed by atoms with Gasteiger partial charge in [0.25, 0.3) is 0 Å². The summed E-state index contributed by atoms with van der Waals surface area (Å²) in [5.41, 5.74) is 0.891. The zero-order valence-electron chi connectivity index (χ0n) is 11.7. The molecular weight excluding hydrogens is 252 g/mol. The minimum Gasteiger partial charge on any atom is -0.480 e. The molecule has 2 unspecified atom stereocenters. The summed E-state index contributed by atoms with van der Waals surface area (Å²) in [6.45, 7) is 4.13. The van der Waals surface area contributed by atoms with Crippen molar-refractivity contribution in [2.24, 2.45) is 0 Å². The van der Waals surface area contributed by atoms with Crippen molar-refractivity contribution in [1.29, 1.82) is 0 Å². The topological polar surface area (TPSA) is 43.8 Å². The molecule has 4 nitrogen and oxygen atoms in total. The summed E-state index contributed by atoms with van der Waals surface area (Å²) < 4.78 is 0. The molecule has 1 N–H and O–H groups in total. The molecule has 2 saturated heterocycles. The van der Waals surface area contributed by atoms with Crippen molar-refractivity contribution >= 4 is 5.97 Å². The van der Waals surface area contributed by atoms with Gasteiger partial charge in [-0.25, -0.2) is 0 Å². The second-order valence-electron chi connectivity index (χ2n) is 5.83. The fourth-order valence-electron chi connectivity index (χ4n) is 3.55. The van der Waals surface area contributed by atoms with Crippen LogP contribution in [0.25, 0.3) is 0 Å². The summed E-state index contributed by atoms with van der Waals surface area (Å²) in [5.74, 6) is -0.738. The number of nitrogens with zero attached hydrogens (tertiary/aromatic N) is 2. The number of aliphatic carboxylic acids is 1. The maximum absolute atomic E-state index is 11.7. The Hall–Kier alpha value is -1.39. The Morgan fingerprint density at radius 2 is 1.85 bits per heavy atom. The Balaban J connectivity index is 1.72. The van der Waals surface area contributed by atoms with Gasteiger partial charge < -0.3 is 5.11 Å². The molecule has 0 radical (unpaired) electrons. The van der Waals surface area contributed by atoms with Crippen molar-refractivity contribution in [2.75, 3.05) is 26.2 Å². The quantitative estimate of drug-likeness (QED) is 0.912. The first-order valence-electron chi connectivity index (χ1n) is 7.51. The van der Waals surface area contributed by atoms with Gasteiger partial charge in [-0.1, -0.05) is 30.3 Å². The van der Waals surface area contributed by atoms with Crippen molar-refractivity contribution in [2.45, 2.75) is 31.3 Å². The molecule has 2 aliphatic heterocycles. The molecule has 0 aliphatic carbocycles. The third kappa shape index (κ3) is 2.72. The van der Waals surface area contributed by atoms with Crippen LogP contribution in [0.15, 0.2) is 30.3 Å². The van der Waals surface area contributed by atoms with Crippen LogP contribution in [-0.4, -0.2) is 53.1 Å². The minimum atomic E-state index is -0.738. The van der Waals surface area contributed by atoms with Crippen molar-refractivity contribution < 1.29 is 9.90 Å². The summed E-state index contributed by atoms with van der Waals surface area (Å²) >= 11 is 0. The molecule has 4 heteroatoms. The summed E-state index contributed by atoms with van der Waals surface area (Å²) in [6.07, 6.45) is 3.67. The fraction of sp³-hybridized carbons (Fsp3) is 0.562. The van der Waals surface area contributed by atoms with Crippen LogP contribution in [0.5, 0.6) is 0 Å². The van der Waals surface area contributed by atoms with Crippen LogP contribution >= 0.6 is 0 Å². The van der Waals surface area contributed by atoms with E-state index >= 15 is 0 Å². The van der Waals surface area contributed by atoms with E-state index in [0.717, 1.165) is 25.1 Å². The molecule has 1 aromatic rings. The fourth-order valence-corrected chi connectivity index (χ4v) is 3.55. The van der Waals surface area contributed by atoms with E-state index in [-0.39, 0.29) is 0 Å². The smallest absolute Gasteiger partial charge is 0.325 e. The molecule has 108 valence electrons. The molecule has 20 heavy (non-hydrogen) atoms. The number of benzene rings is 1. The molecule has 1 aromatic carbocycles. The van der Waals surface area contributed by atoms with Gasteiger partial charge in [0.15, 0.2) is 0 Å². The average Bonchev–Trinajstić information content (AvgIpc) is 3.10. The predicted molar refractivity (Wildman–Crippen MR) is 77.6 cm³/mol. The lowest BCUT2D eigenvalue weighted by Gasteiger charge is -2.27. The molecule has 0 amide bonds. The lowest BCUT2D eigenvalue weighted by Crippen LogP contribution is -2.38. The molecule has 0 aromatic heterocycles. The van der Waals surface area contributed by atoms with E-state index in [1.165, 1.54) is 25.9 Å². The van der Waals surface area contributed by atoms with Gasteiger partial charge in [0, 0.05) is 19.1 Å². The second-order valence-corrected chi connectivity index (χ2v) is 5.83.